The Morgan fingerprint density at radius 2 is 0.521 bits per heavy atom. The van der Waals surface area contributed by atoms with Crippen LogP contribution in [0.4, 0.5) is 11.4 Å². The van der Waals surface area contributed by atoms with Gasteiger partial charge in [-0.3, -0.25) is 0 Å². The highest BCUT2D eigenvalue weighted by atomic mass is 32.1. The van der Waals surface area contributed by atoms with Gasteiger partial charge in [0.15, 0.2) is 0 Å². The highest BCUT2D eigenvalue weighted by Crippen LogP contribution is 2.50. The number of ether oxygens (including phenoxy) is 12. The Labute approximate surface area is 850 Å². The molecule has 146 heavy (non-hydrogen) atoms. The van der Waals surface area contributed by atoms with Crippen molar-refractivity contribution in [3.05, 3.63) is 386 Å². The van der Waals surface area contributed by atoms with Gasteiger partial charge in [0.1, 0.15) is 54.8 Å². The number of fused-ring (bicyclic) bond motifs is 19. The number of pyridine rings is 4. The zero-order valence-corrected chi connectivity index (χ0v) is 81.9. The Bertz CT molecular complexity index is 8420. The lowest BCUT2D eigenvalue weighted by Crippen LogP contribution is -2.33. The maximum absolute atomic E-state index is 6.62. The minimum absolute atomic E-state index is 0.296. The second-order valence-electron chi connectivity index (χ2n) is 37.0. The molecule has 6 aliphatic rings. The topological polar surface area (TPSA) is 169 Å². The standard InChI is InChI=1S/C127H108N6O12S/c1-3-15-106-102(11-1)104-13-5-7-17-108(104)114-83-93(35-53-110(106)114)85-23-25-86(26-24-85)101-19-9-20-112-113-21-10-22-118(126(113)146-125(101)112)133-61-65-136-69-73-140-76-80-143-98-47-33-88(34-48-98)117-56-37-90-28-30-92-39-58-120(131-124(92)122(90)129-117)127(95-42-51-100(52-43-95)145-82-78-141-74-70-137-66-62-133)94-40-49-99(50-41-94)144-81-77-139-72-68-135-64-60-132(96-44-54-111-107-16-4-2-12-103(107)105-14-6-8-18-109(105)115(111)84-96)59-63-134-67-71-138-75-79-142-97-45-31-87(32-46-97)116-55-36-89-27-29-91-38-57-119(127)130-123(91)121(89)128-116/h1-58,83-84H,59-82H2. The molecule has 1 spiro atoms. The molecule has 0 fully saturated rings. The largest absolute Gasteiger partial charge is 0.491 e. The highest BCUT2D eigenvalue weighted by molar-refractivity contribution is 7.27. The summed E-state index contributed by atoms with van der Waals surface area (Å²) in [5, 5.41) is 21.1. The van der Waals surface area contributed by atoms with E-state index >= 15 is 0 Å². The summed E-state index contributed by atoms with van der Waals surface area (Å²) in [6, 6.07) is 129. The van der Waals surface area contributed by atoms with Gasteiger partial charge in [-0.15, -0.1) is 11.3 Å². The monoisotopic (exact) mass is 1940 g/mol. The van der Waals surface area contributed by atoms with Crippen molar-refractivity contribution >= 4 is 151 Å². The zero-order chi connectivity index (χ0) is 97.3. The molecule has 22 aromatic rings. The number of aromatic nitrogens is 4. The molecule has 17 aromatic carbocycles. The van der Waals surface area contributed by atoms with Gasteiger partial charge in [0.25, 0.3) is 0 Å². The Kier molecular flexibility index (Phi) is 27.3. The number of thiophene rings is 1. The van der Waals surface area contributed by atoms with E-state index in [4.69, 9.17) is 76.8 Å². The van der Waals surface area contributed by atoms with Crippen LogP contribution in [0.1, 0.15) is 22.5 Å². The summed E-state index contributed by atoms with van der Waals surface area (Å²) in [4.78, 5) is 27.6. The van der Waals surface area contributed by atoms with Crippen LogP contribution >= 0.6 is 11.3 Å². The molecule has 18 nitrogen and oxygen atoms in total. The summed E-state index contributed by atoms with van der Waals surface area (Å²) in [5.74, 6) is 2.78. The molecule has 28 rings (SSSR count). The Balaban J connectivity index is 0.513. The summed E-state index contributed by atoms with van der Waals surface area (Å²) >= 11 is 1.84. The minimum Gasteiger partial charge on any atom is -0.491 e. The number of rotatable bonds is 4. The number of nitrogens with zero attached hydrogens (tertiary/aromatic N) is 6. The predicted octanol–water partition coefficient (Wildman–Crippen LogP) is 26.9. The van der Waals surface area contributed by atoms with E-state index in [-0.39, 0.29) is 0 Å². The summed E-state index contributed by atoms with van der Waals surface area (Å²) in [5.41, 5.74) is 15.3. The van der Waals surface area contributed by atoms with Crippen LogP contribution in [-0.2, 0) is 43.3 Å². The summed E-state index contributed by atoms with van der Waals surface area (Å²) in [6.07, 6.45) is 0. The van der Waals surface area contributed by atoms with Crippen LogP contribution in [0.5, 0.6) is 23.0 Å². The summed E-state index contributed by atoms with van der Waals surface area (Å²) in [7, 11) is 0. The Morgan fingerprint density at radius 1 is 0.212 bits per heavy atom. The normalized spacial score (nSPS) is 16.2. The lowest BCUT2D eigenvalue weighted by molar-refractivity contribution is 0.0347. The fraction of sp³-hybridized carbons (Fsp3) is 0.197. The van der Waals surface area contributed by atoms with Gasteiger partial charge in [0, 0.05) is 80.0 Å². The van der Waals surface area contributed by atoms with E-state index in [2.05, 4.69) is 325 Å². The highest BCUT2D eigenvalue weighted by Gasteiger charge is 2.42. The smallest absolute Gasteiger partial charge is 0.119 e. The summed E-state index contributed by atoms with van der Waals surface area (Å²) < 4.78 is 78.5. The van der Waals surface area contributed by atoms with E-state index in [1.165, 1.54) is 107 Å². The molecule has 0 aliphatic carbocycles. The first-order valence-corrected chi connectivity index (χ1v) is 51.4. The molecule has 0 saturated carbocycles. The van der Waals surface area contributed by atoms with Gasteiger partial charge in [0.2, 0.25) is 0 Å². The van der Waals surface area contributed by atoms with Gasteiger partial charge in [-0.1, -0.05) is 243 Å². The number of hydrogen-bond acceptors (Lipinski definition) is 19. The van der Waals surface area contributed by atoms with Crippen LogP contribution in [0.15, 0.2) is 364 Å². The maximum atomic E-state index is 6.62. The average Bonchev–Trinajstić information content (AvgIpc) is 0.915. The lowest BCUT2D eigenvalue weighted by atomic mass is 9.68. The molecule has 6 aliphatic heterocycles. The summed E-state index contributed by atoms with van der Waals surface area (Å²) in [6.45, 7) is 10.5. The van der Waals surface area contributed by atoms with E-state index < -0.39 is 5.41 Å². The van der Waals surface area contributed by atoms with E-state index in [1.807, 2.05) is 59.9 Å². The molecule has 724 valence electrons. The molecule has 16 bridgehead atoms. The third kappa shape index (κ3) is 19.2. The van der Waals surface area contributed by atoms with Crippen molar-refractivity contribution in [3.63, 3.8) is 0 Å². The third-order valence-electron chi connectivity index (χ3n) is 28.4. The molecule has 1 unspecified atom stereocenters. The number of anilines is 2. The second-order valence-corrected chi connectivity index (χ2v) is 38.0. The molecule has 5 aromatic heterocycles. The number of benzene rings is 17. The Hall–Kier alpha value is -15.4. The lowest BCUT2D eigenvalue weighted by Gasteiger charge is -2.35. The minimum atomic E-state index is -1.24. The molecule has 0 amide bonds. The van der Waals surface area contributed by atoms with Crippen molar-refractivity contribution in [2.45, 2.75) is 5.41 Å². The van der Waals surface area contributed by atoms with E-state index in [0.29, 0.717) is 181 Å². The van der Waals surface area contributed by atoms with Crippen LogP contribution in [0.25, 0.3) is 173 Å². The zero-order valence-electron chi connectivity index (χ0n) is 81.1. The van der Waals surface area contributed by atoms with Crippen LogP contribution in [0.2, 0.25) is 0 Å². The van der Waals surface area contributed by atoms with Crippen molar-refractivity contribution in [2.75, 3.05) is 168 Å². The van der Waals surface area contributed by atoms with Crippen molar-refractivity contribution in [1.82, 2.24) is 19.9 Å². The van der Waals surface area contributed by atoms with Crippen molar-refractivity contribution < 1.29 is 56.8 Å². The predicted molar refractivity (Wildman–Crippen MR) is 591 cm³/mol. The number of hydrogen-bond donors (Lipinski definition) is 0. The molecular formula is C127H108N6O12S. The first kappa shape index (κ1) is 93.0. The molecule has 19 heteroatoms. The third-order valence-corrected chi connectivity index (χ3v) is 29.7. The van der Waals surface area contributed by atoms with E-state index in [1.54, 1.807) is 0 Å². The molecule has 0 radical (unpaired) electrons. The van der Waals surface area contributed by atoms with Crippen molar-refractivity contribution in [2.24, 2.45) is 0 Å². The first-order valence-electron chi connectivity index (χ1n) is 50.6. The van der Waals surface area contributed by atoms with Crippen molar-refractivity contribution in [1.29, 1.82) is 0 Å². The molecule has 0 N–H and O–H groups in total. The SMILES string of the molecule is c1cc(-c2ccc(-c3ccc4c5ccccc5c5ccccc5c4c3)cc2)c2sc3c(N4CCOCCOCCOc5ccc(cc5)-c5ccc6ccc7ccc(nc7c6n5)C5(c6ccc(cc6)OCCOCCOCCN(c6ccc7c8ccccc8c8ccccc8c7c6)CCOCCOCCOc6ccc(cc6)-c6ccc7ccc8ccc5nc8c7n6)c5ccc(cc5)OCCOCCOCC4)cccc3c2c1. The van der Waals surface area contributed by atoms with E-state index in [0.717, 1.165) is 100 Å². The average molecular weight is 1940 g/mol. The van der Waals surface area contributed by atoms with Crippen LogP contribution < -0.4 is 28.7 Å². The fourth-order valence-corrected chi connectivity index (χ4v) is 22.5. The molecule has 0 saturated heterocycles. The van der Waals surface area contributed by atoms with Crippen LogP contribution in [0.3, 0.4) is 0 Å². The van der Waals surface area contributed by atoms with Gasteiger partial charge in [-0.25, -0.2) is 19.9 Å². The first-order chi connectivity index (χ1) is 72.4. The van der Waals surface area contributed by atoms with Gasteiger partial charge in [0.05, 0.1) is 161 Å². The van der Waals surface area contributed by atoms with E-state index in [9.17, 15) is 0 Å². The fourth-order valence-electron chi connectivity index (χ4n) is 21.1. The van der Waals surface area contributed by atoms with Gasteiger partial charge >= 0.3 is 0 Å². The van der Waals surface area contributed by atoms with Gasteiger partial charge in [-0.05, 0) is 219 Å². The molecule has 11 heterocycles. The van der Waals surface area contributed by atoms with Gasteiger partial charge < -0.3 is 66.6 Å². The van der Waals surface area contributed by atoms with Crippen LogP contribution in [-0.4, -0.2) is 178 Å². The quantitative estimate of drug-likeness (QED) is 0.152. The van der Waals surface area contributed by atoms with Crippen molar-refractivity contribution in [3.8, 4) is 67.8 Å². The van der Waals surface area contributed by atoms with Crippen LogP contribution in [0, 0.1) is 0 Å². The Morgan fingerprint density at radius 3 is 0.945 bits per heavy atom. The molecular weight excluding hydrogens is 1830 g/mol. The second kappa shape index (κ2) is 42.9. The maximum Gasteiger partial charge on any atom is 0.119 e. The molecule has 1 atom stereocenters. The van der Waals surface area contributed by atoms with Gasteiger partial charge in [-0.2, -0.15) is 0 Å².